The molecule has 0 aromatic rings. The number of fused-ring (bicyclic) bond motifs is 4. The van der Waals surface area contributed by atoms with Crippen LogP contribution in [0.3, 0.4) is 0 Å². The van der Waals surface area contributed by atoms with Crippen molar-refractivity contribution >= 4 is 34.4 Å². The van der Waals surface area contributed by atoms with E-state index in [1.807, 2.05) is 0 Å². The first kappa shape index (κ1) is 24.5. The van der Waals surface area contributed by atoms with Crippen LogP contribution in [-0.4, -0.2) is 78.4 Å². The lowest BCUT2D eigenvalue weighted by Gasteiger charge is -2.28. The van der Waals surface area contributed by atoms with Gasteiger partial charge in [-0.2, -0.15) is 0 Å². The highest BCUT2D eigenvalue weighted by molar-refractivity contribution is 8.19. The van der Waals surface area contributed by atoms with E-state index in [9.17, 15) is 9.90 Å². The summed E-state index contributed by atoms with van der Waals surface area (Å²) in [4.78, 5) is 22.4. The van der Waals surface area contributed by atoms with Crippen LogP contribution < -0.4 is 0 Å². The minimum absolute atomic E-state index is 0.0762. The molecule has 1 saturated carbocycles. The summed E-state index contributed by atoms with van der Waals surface area (Å²) >= 11 is 8.23. The molecule has 1 atom stereocenters. The zero-order valence-electron chi connectivity index (χ0n) is 20.7. The van der Waals surface area contributed by atoms with Gasteiger partial charge in [0.25, 0.3) is 0 Å². The number of carbonyl (C=O) groups is 1. The van der Waals surface area contributed by atoms with E-state index in [0.717, 1.165) is 62.3 Å². The van der Waals surface area contributed by atoms with E-state index < -0.39 is 5.97 Å². The zero-order chi connectivity index (χ0) is 24.6. The second-order valence-corrected chi connectivity index (χ2v) is 12.0. The van der Waals surface area contributed by atoms with Gasteiger partial charge in [0.05, 0.1) is 13.2 Å². The van der Waals surface area contributed by atoms with Crippen molar-refractivity contribution in [2.24, 2.45) is 16.8 Å². The van der Waals surface area contributed by atoms with Gasteiger partial charge in [0.1, 0.15) is 0 Å². The van der Waals surface area contributed by atoms with Gasteiger partial charge in [-0.05, 0) is 59.1 Å². The lowest BCUT2D eigenvalue weighted by atomic mass is 9.80. The van der Waals surface area contributed by atoms with Crippen LogP contribution in [0.2, 0.25) is 0 Å². The van der Waals surface area contributed by atoms with Crippen LogP contribution in [0.4, 0.5) is 0 Å². The van der Waals surface area contributed by atoms with E-state index in [4.69, 9.17) is 16.3 Å². The van der Waals surface area contributed by atoms with E-state index in [-0.39, 0.29) is 11.0 Å². The summed E-state index contributed by atoms with van der Waals surface area (Å²) in [5.74, 6) is -0.349. The Balaban J connectivity index is 1.40. The van der Waals surface area contributed by atoms with Gasteiger partial charge in [0.2, 0.25) is 0 Å². The normalized spacial score (nSPS) is 27.5. The van der Waals surface area contributed by atoms with Gasteiger partial charge in [0.15, 0.2) is 5.04 Å². The molecule has 0 aromatic carbocycles. The van der Waals surface area contributed by atoms with Crippen molar-refractivity contribution in [3.8, 4) is 0 Å². The van der Waals surface area contributed by atoms with Crippen molar-refractivity contribution in [2.45, 2.75) is 38.5 Å². The van der Waals surface area contributed by atoms with Gasteiger partial charge in [-0.25, -0.2) is 4.79 Å². The number of aliphatic imine (C=N–C) groups is 1. The molecule has 1 saturated heterocycles. The third kappa shape index (κ3) is 4.64. The van der Waals surface area contributed by atoms with Crippen LogP contribution in [-0.2, 0) is 9.53 Å². The largest absolute Gasteiger partial charge is 0.476 e. The molecule has 0 bridgehead atoms. The first-order valence-electron chi connectivity index (χ1n) is 13.4. The summed E-state index contributed by atoms with van der Waals surface area (Å²) in [7, 11) is 0. The highest BCUT2D eigenvalue weighted by atomic mass is 35.5. The van der Waals surface area contributed by atoms with E-state index in [2.05, 4.69) is 33.1 Å². The average Bonchev–Trinajstić information content (AvgIpc) is 3.21. The summed E-state index contributed by atoms with van der Waals surface area (Å²) in [6, 6.07) is 0. The SMILES string of the molecule is O=C(O)C1=NCC2=C(S1)C1=C(C3CCCCC3)C3=CC=C(Cl)C3C1=CN(CCN1CCCOCC1)C2. The molecular weight excluding hydrogens is 494 g/mol. The molecular formula is C28H34ClN3O3S. The number of hydrogen-bond acceptors (Lipinski definition) is 6. The molecule has 1 unspecified atom stereocenters. The summed E-state index contributed by atoms with van der Waals surface area (Å²) in [5, 5.41) is 10.9. The van der Waals surface area contributed by atoms with Crippen LogP contribution in [0.5, 0.6) is 0 Å². The molecule has 6 aliphatic rings. The van der Waals surface area contributed by atoms with E-state index >= 15 is 0 Å². The van der Waals surface area contributed by atoms with Crippen molar-refractivity contribution in [1.82, 2.24) is 9.80 Å². The van der Waals surface area contributed by atoms with E-state index in [1.54, 1.807) is 0 Å². The molecule has 3 heterocycles. The zero-order valence-corrected chi connectivity index (χ0v) is 22.3. The Kier molecular flexibility index (Phi) is 7.17. The standard InChI is InChI=1S/C28H34ClN3O3S/c29-22-8-7-20-23(18-5-2-1-3-6-18)25-21(24(20)22)17-32(11-10-31-9-4-13-35-14-12-31)16-19-15-30-27(28(33)34)36-26(19)25/h7-8,17-18,24H,1-6,9-16H2,(H,33,34). The Morgan fingerprint density at radius 2 is 1.97 bits per heavy atom. The molecule has 0 spiro atoms. The van der Waals surface area contributed by atoms with Crippen molar-refractivity contribution in [1.29, 1.82) is 0 Å². The van der Waals surface area contributed by atoms with Gasteiger partial charge >= 0.3 is 5.97 Å². The third-order valence-electron chi connectivity index (χ3n) is 8.28. The fourth-order valence-corrected chi connectivity index (χ4v) is 7.87. The lowest BCUT2D eigenvalue weighted by molar-refractivity contribution is -0.129. The predicted molar refractivity (Wildman–Crippen MR) is 145 cm³/mol. The van der Waals surface area contributed by atoms with Gasteiger partial charge in [-0.3, -0.25) is 9.89 Å². The molecule has 0 amide bonds. The molecule has 3 aliphatic heterocycles. The Morgan fingerprint density at radius 3 is 2.81 bits per heavy atom. The van der Waals surface area contributed by atoms with Gasteiger partial charge in [-0.1, -0.05) is 48.7 Å². The van der Waals surface area contributed by atoms with E-state index in [1.165, 1.54) is 71.7 Å². The maximum Gasteiger partial charge on any atom is 0.361 e. The second kappa shape index (κ2) is 10.5. The fourth-order valence-electron chi connectivity index (χ4n) is 6.56. The highest BCUT2D eigenvalue weighted by Gasteiger charge is 2.44. The lowest BCUT2D eigenvalue weighted by Crippen LogP contribution is -2.35. The van der Waals surface area contributed by atoms with Crippen LogP contribution in [0.15, 0.2) is 61.1 Å². The molecule has 1 N–H and O–H groups in total. The smallest absolute Gasteiger partial charge is 0.361 e. The second-order valence-electron chi connectivity index (χ2n) is 10.6. The van der Waals surface area contributed by atoms with Crippen molar-refractivity contribution < 1.29 is 14.6 Å². The average molecular weight is 528 g/mol. The van der Waals surface area contributed by atoms with E-state index in [0.29, 0.717) is 12.5 Å². The maximum absolute atomic E-state index is 11.9. The van der Waals surface area contributed by atoms with Gasteiger partial charge < -0.3 is 14.7 Å². The minimum atomic E-state index is -0.934. The molecule has 6 rings (SSSR count). The van der Waals surface area contributed by atoms with Crippen LogP contribution in [0.25, 0.3) is 0 Å². The topological polar surface area (TPSA) is 65.4 Å². The summed E-state index contributed by atoms with van der Waals surface area (Å²) < 4.78 is 5.65. The number of nitrogens with zero attached hydrogens (tertiary/aromatic N) is 3. The number of carboxylic acids is 1. The number of aliphatic carboxylic acids is 1. The Hall–Kier alpha value is -1.80. The van der Waals surface area contributed by atoms with Gasteiger partial charge in [-0.15, -0.1) is 0 Å². The van der Waals surface area contributed by atoms with Gasteiger partial charge in [0, 0.05) is 61.4 Å². The molecule has 3 aliphatic carbocycles. The number of carboxylic acid groups (broad SMARTS) is 1. The molecule has 36 heavy (non-hydrogen) atoms. The number of rotatable bonds is 5. The number of ether oxygens (including phenoxy) is 1. The quantitative estimate of drug-likeness (QED) is 0.545. The number of halogens is 1. The van der Waals surface area contributed by atoms with Crippen LogP contribution in [0.1, 0.15) is 38.5 Å². The Morgan fingerprint density at radius 1 is 1.11 bits per heavy atom. The Labute approximate surface area is 222 Å². The van der Waals surface area contributed by atoms with Crippen molar-refractivity contribution in [2.75, 3.05) is 52.5 Å². The molecule has 0 radical (unpaired) electrons. The van der Waals surface area contributed by atoms with Crippen LogP contribution in [0, 0.1) is 11.8 Å². The molecule has 0 aromatic heterocycles. The van der Waals surface area contributed by atoms with Crippen molar-refractivity contribution in [3.05, 3.63) is 56.2 Å². The maximum atomic E-state index is 11.9. The number of allylic oxidation sites excluding steroid dienone is 7. The number of hydrogen-bond donors (Lipinski definition) is 1. The summed E-state index contributed by atoms with van der Waals surface area (Å²) in [6.45, 7) is 6.82. The first-order chi connectivity index (χ1) is 17.6. The minimum Gasteiger partial charge on any atom is -0.476 e. The fraction of sp³-hybridized carbons (Fsp3) is 0.571. The summed E-state index contributed by atoms with van der Waals surface area (Å²) in [6.07, 6.45) is 13.9. The summed E-state index contributed by atoms with van der Waals surface area (Å²) in [5.41, 5.74) is 6.52. The molecule has 2 fully saturated rings. The molecule has 8 heteroatoms. The third-order valence-corrected chi connectivity index (χ3v) is 9.82. The monoisotopic (exact) mass is 527 g/mol. The van der Waals surface area contributed by atoms with Crippen LogP contribution >= 0.6 is 23.4 Å². The highest BCUT2D eigenvalue weighted by Crippen LogP contribution is 2.58. The predicted octanol–water partition coefficient (Wildman–Crippen LogP) is 4.96. The number of thioether (sulfide) groups is 1. The molecule has 6 nitrogen and oxygen atoms in total. The first-order valence-corrected chi connectivity index (χ1v) is 14.6. The Bertz CT molecular complexity index is 1120. The molecule has 192 valence electrons. The van der Waals surface area contributed by atoms with Crippen molar-refractivity contribution in [3.63, 3.8) is 0 Å².